The summed E-state index contributed by atoms with van der Waals surface area (Å²) in [6.07, 6.45) is 0.978. The van der Waals surface area contributed by atoms with Crippen molar-refractivity contribution >= 4 is 28.1 Å². The van der Waals surface area contributed by atoms with Gasteiger partial charge in [-0.25, -0.2) is 4.98 Å². The average molecular weight is 436 g/mol. The van der Waals surface area contributed by atoms with E-state index in [1.807, 2.05) is 18.2 Å². The van der Waals surface area contributed by atoms with Crippen LogP contribution in [0.5, 0.6) is 0 Å². The highest BCUT2D eigenvalue weighted by Crippen LogP contribution is 2.31. The lowest BCUT2D eigenvalue weighted by atomic mass is 10.1. The van der Waals surface area contributed by atoms with Crippen molar-refractivity contribution in [2.75, 3.05) is 5.32 Å². The monoisotopic (exact) mass is 435 g/mol. The number of hydrogen-bond donors (Lipinski definition) is 1. The molecule has 1 atom stereocenters. The van der Waals surface area contributed by atoms with Gasteiger partial charge in [-0.1, -0.05) is 54.1 Å². The van der Waals surface area contributed by atoms with E-state index in [1.165, 1.54) is 28.1 Å². The van der Waals surface area contributed by atoms with E-state index in [0.29, 0.717) is 0 Å². The van der Waals surface area contributed by atoms with Crippen LogP contribution in [0, 0.1) is 13.8 Å². The van der Waals surface area contributed by atoms with Crippen LogP contribution in [0.15, 0.2) is 66.0 Å². The lowest BCUT2D eigenvalue weighted by Gasteiger charge is -2.12. The molecule has 0 bridgehead atoms. The van der Waals surface area contributed by atoms with Gasteiger partial charge in [-0.3, -0.25) is 0 Å². The van der Waals surface area contributed by atoms with Crippen LogP contribution in [0.4, 0.5) is 5.13 Å². The van der Waals surface area contributed by atoms with Gasteiger partial charge in [0.05, 0.1) is 11.7 Å². The number of nitrogens with zero attached hydrogens (tertiary/aromatic N) is 2. The van der Waals surface area contributed by atoms with Crippen LogP contribution in [0.3, 0.4) is 0 Å². The molecule has 0 radical (unpaired) electrons. The molecule has 4 aromatic rings. The second kappa shape index (κ2) is 9.07. The van der Waals surface area contributed by atoms with Crippen molar-refractivity contribution in [1.82, 2.24) is 9.55 Å². The van der Waals surface area contributed by atoms with Gasteiger partial charge in [0.25, 0.3) is 0 Å². The number of hydrogen-bond acceptors (Lipinski definition) is 3. The summed E-state index contributed by atoms with van der Waals surface area (Å²) in [4.78, 5) is 4.87. The van der Waals surface area contributed by atoms with E-state index >= 15 is 0 Å². The molecule has 2 heterocycles. The van der Waals surface area contributed by atoms with Crippen molar-refractivity contribution in [2.24, 2.45) is 0 Å². The first-order valence-electron chi connectivity index (χ1n) is 10.2. The van der Waals surface area contributed by atoms with E-state index in [2.05, 4.69) is 78.5 Å². The Morgan fingerprint density at radius 2 is 1.80 bits per heavy atom. The molecule has 0 amide bonds. The van der Waals surface area contributed by atoms with E-state index < -0.39 is 0 Å². The molecule has 0 fully saturated rings. The molecule has 5 heteroatoms. The number of benzene rings is 2. The SMILES string of the molecule is Cc1cc(-c2csc(NC(C)c3ccccc3)n2)c(C)n1CCc1ccc(Cl)cc1. The number of thiazole rings is 1. The van der Waals surface area contributed by atoms with E-state index in [0.717, 1.165) is 28.8 Å². The van der Waals surface area contributed by atoms with Crippen LogP contribution >= 0.6 is 22.9 Å². The summed E-state index contributed by atoms with van der Waals surface area (Å²) in [5, 5.41) is 7.41. The van der Waals surface area contributed by atoms with Gasteiger partial charge in [-0.05, 0) is 56.5 Å². The molecule has 2 aromatic carbocycles. The van der Waals surface area contributed by atoms with Crippen LogP contribution in [-0.2, 0) is 13.0 Å². The Bertz CT molecular complexity index is 1110. The Morgan fingerprint density at radius 1 is 1.07 bits per heavy atom. The number of aryl methyl sites for hydroxylation is 2. The second-order valence-electron chi connectivity index (χ2n) is 7.63. The van der Waals surface area contributed by atoms with Gasteiger partial charge in [0, 0.05) is 33.9 Å². The van der Waals surface area contributed by atoms with Crippen LogP contribution in [0.2, 0.25) is 5.02 Å². The van der Waals surface area contributed by atoms with Gasteiger partial charge in [0.2, 0.25) is 0 Å². The van der Waals surface area contributed by atoms with Crippen molar-refractivity contribution in [1.29, 1.82) is 0 Å². The molecule has 3 nitrogen and oxygen atoms in total. The fourth-order valence-corrected chi connectivity index (χ4v) is 4.70. The first-order chi connectivity index (χ1) is 14.5. The summed E-state index contributed by atoms with van der Waals surface area (Å²) in [5.41, 5.74) is 7.32. The minimum absolute atomic E-state index is 0.219. The Balaban J connectivity index is 1.48. The predicted octanol–water partition coefficient (Wildman–Crippen LogP) is 7.30. The van der Waals surface area contributed by atoms with Crippen molar-refractivity contribution in [3.63, 3.8) is 0 Å². The molecule has 0 aliphatic heterocycles. The summed E-state index contributed by atoms with van der Waals surface area (Å²) in [6, 6.07) is 21.0. The highest BCUT2D eigenvalue weighted by Gasteiger charge is 2.15. The zero-order valence-corrected chi connectivity index (χ0v) is 19.1. The number of nitrogens with one attached hydrogen (secondary N) is 1. The first kappa shape index (κ1) is 20.7. The van der Waals surface area contributed by atoms with Crippen molar-refractivity contribution < 1.29 is 0 Å². The Hall–Kier alpha value is -2.56. The van der Waals surface area contributed by atoms with Gasteiger partial charge >= 0.3 is 0 Å². The normalized spacial score (nSPS) is 12.1. The third-order valence-electron chi connectivity index (χ3n) is 5.53. The van der Waals surface area contributed by atoms with Crippen molar-refractivity contribution in [3.8, 4) is 11.3 Å². The molecule has 2 aromatic heterocycles. The highest BCUT2D eigenvalue weighted by molar-refractivity contribution is 7.14. The Morgan fingerprint density at radius 3 is 2.53 bits per heavy atom. The first-order valence-corrected chi connectivity index (χ1v) is 11.5. The third-order valence-corrected chi connectivity index (χ3v) is 6.56. The molecule has 0 saturated heterocycles. The van der Waals surface area contributed by atoms with Gasteiger partial charge < -0.3 is 9.88 Å². The number of aromatic nitrogens is 2. The van der Waals surface area contributed by atoms with E-state index in [9.17, 15) is 0 Å². The van der Waals surface area contributed by atoms with E-state index in [-0.39, 0.29) is 6.04 Å². The van der Waals surface area contributed by atoms with Crippen LogP contribution in [-0.4, -0.2) is 9.55 Å². The van der Waals surface area contributed by atoms with E-state index in [1.54, 1.807) is 11.3 Å². The summed E-state index contributed by atoms with van der Waals surface area (Å²) in [6.45, 7) is 7.46. The van der Waals surface area contributed by atoms with Gasteiger partial charge in [-0.15, -0.1) is 11.3 Å². The molecule has 0 aliphatic carbocycles. The number of rotatable bonds is 7. The van der Waals surface area contributed by atoms with Gasteiger partial charge in [0.15, 0.2) is 5.13 Å². The molecular formula is C25H26ClN3S. The maximum absolute atomic E-state index is 6.00. The topological polar surface area (TPSA) is 29.9 Å². The standard InChI is InChI=1S/C25H26ClN3S/c1-17-15-23(19(3)29(17)14-13-20-9-11-22(26)12-10-20)24-16-30-25(28-24)27-18(2)21-7-5-4-6-8-21/h4-12,15-16,18H,13-14H2,1-3H3,(H,27,28). The molecule has 1 unspecified atom stereocenters. The third kappa shape index (κ3) is 4.61. The molecular weight excluding hydrogens is 410 g/mol. The average Bonchev–Trinajstić information content (AvgIpc) is 3.32. The lowest BCUT2D eigenvalue weighted by Crippen LogP contribution is -2.06. The van der Waals surface area contributed by atoms with Crippen molar-refractivity contribution in [3.05, 3.63) is 93.6 Å². The Labute approximate surface area is 187 Å². The Kier molecular flexibility index (Phi) is 6.26. The molecule has 0 aliphatic rings. The molecule has 1 N–H and O–H groups in total. The fraction of sp³-hybridized carbons (Fsp3) is 0.240. The summed E-state index contributed by atoms with van der Waals surface area (Å²) in [7, 11) is 0. The zero-order chi connectivity index (χ0) is 21.1. The summed E-state index contributed by atoms with van der Waals surface area (Å²) in [5.74, 6) is 0. The maximum Gasteiger partial charge on any atom is 0.183 e. The largest absolute Gasteiger partial charge is 0.355 e. The molecule has 4 rings (SSSR count). The van der Waals surface area contributed by atoms with Crippen LogP contribution in [0.25, 0.3) is 11.3 Å². The van der Waals surface area contributed by atoms with E-state index in [4.69, 9.17) is 16.6 Å². The second-order valence-corrected chi connectivity index (χ2v) is 8.92. The summed E-state index contributed by atoms with van der Waals surface area (Å²) >= 11 is 7.66. The molecule has 154 valence electrons. The predicted molar refractivity (Wildman–Crippen MR) is 129 cm³/mol. The van der Waals surface area contributed by atoms with Crippen molar-refractivity contribution in [2.45, 2.75) is 39.8 Å². The fourth-order valence-electron chi connectivity index (χ4n) is 3.77. The molecule has 0 saturated carbocycles. The lowest BCUT2D eigenvalue weighted by molar-refractivity contribution is 0.664. The number of anilines is 1. The van der Waals surface area contributed by atoms with Gasteiger partial charge in [0.1, 0.15) is 0 Å². The molecule has 30 heavy (non-hydrogen) atoms. The minimum Gasteiger partial charge on any atom is -0.355 e. The summed E-state index contributed by atoms with van der Waals surface area (Å²) < 4.78 is 2.38. The van der Waals surface area contributed by atoms with Crippen LogP contribution in [0.1, 0.15) is 35.5 Å². The quantitative estimate of drug-likeness (QED) is 0.330. The number of halogens is 1. The van der Waals surface area contributed by atoms with Crippen LogP contribution < -0.4 is 5.32 Å². The smallest absolute Gasteiger partial charge is 0.183 e. The zero-order valence-electron chi connectivity index (χ0n) is 17.5. The van der Waals surface area contributed by atoms with Gasteiger partial charge in [-0.2, -0.15) is 0 Å². The minimum atomic E-state index is 0.219. The maximum atomic E-state index is 6.00. The molecule has 0 spiro atoms. The highest BCUT2D eigenvalue weighted by atomic mass is 35.5.